The first-order chi connectivity index (χ1) is 8.48. The Morgan fingerprint density at radius 1 is 1.44 bits per heavy atom. The van der Waals surface area contributed by atoms with E-state index in [4.69, 9.17) is 9.78 Å². The van der Waals surface area contributed by atoms with Crippen LogP contribution in [0.4, 0.5) is 0 Å². The first-order valence-corrected chi connectivity index (χ1v) is 7.05. The fraction of sp³-hybridized carbons (Fsp3) is 0.182. The van der Waals surface area contributed by atoms with E-state index >= 15 is 0 Å². The second kappa shape index (κ2) is 4.58. The molecule has 0 aliphatic rings. The van der Waals surface area contributed by atoms with E-state index in [2.05, 4.69) is 10.1 Å². The monoisotopic (exact) mass is 263 g/mol. The van der Waals surface area contributed by atoms with Crippen LogP contribution < -0.4 is 0 Å². The van der Waals surface area contributed by atoms with E-state index < -0.39 is 9.84 Å². The van der Waals surface area contributed by atoms with Gasteiger partial charge in [0.1, 0.15) is 5.75 Å². The smallest absolute Gasteiger partial charge is 0.257 e. The van der Waals surface area contributed by atoms with E-state index in [-0.39, 0.29) is 17.5 Å². The Labute approximate surface area is 104 Å². The van der Waals surface area contributed by atoms with Gasteiger partial charge in [-0.3, -0.25) is 0 Å². The highest BCUT2D eigenvalue weighted by atomic mass is 32.2. The Balaban J connectivity index is 2.32. The topological polar surface area (TPSA) is 96.9 Å². The van der Waals surface area contributed by atoms with E-state index in [0.717, 1.165) is 6.26 Å². The lowest BCUT2D eigenvalue weighted by Gasteiger charge is -1.93. The van der Waals surface area contributed by atoms with Gasteiger partial charge in [0.05, 0.1) is 11.6 Å². The molecule has 0 amide bonds. The maximum absolute atomic E-state index is 11.1. The zero-order valence-corrected chi connectivity index (χ0v) is 10.3. The fourth-order valence-corrected chi connectivity index (χ4v) is 1.97. The molecule has 0 atom stereocenters. The molecule has 0 spiro atoms. The normalized spacial score (nSPS) is 11.1. The molecule has 0 saturated carbocycles. The van der Waals surface area contributed by atoms with E-state index in [9.17, 15) is 8.42 Å². The van der Waals surface area contributed by atoms with Crippen LogP contribution in [0.5, 0.6) is 0 Å². The zero-order valence-electron chi connectivity index (χ0n) is 9.49. The van der Waals surface area contributed by atoms with E-state index in [1.807, 2.05) is 6.07 Å². The van der Waals surface area contributed by atoms with Crippen LogP contribution in [0.1, 0.15) is 11.4 Å². The predicted octanol–water partition coefficient (Wildman–Crippen LogP) is 1.15. The van der Waals surface area contributed by atoms with Gasteiger partial charge in [-0.05, 0) is 18.2 Å². The summed E-state index contributed by atoms with van der Waals surface area (Å²) in [5.41, 5.74) is 1.05. The number of aromatic nitrogens is 2. The summed E-state index contributed by atoms with van der Waals surface area (Å²) in [6.07, 6.45) is 1.10. The molecule has 0 saturated heterocycles. The molecule has 6 nitrogen and oxygen atoms in total. The summed E-state index contributed by atoms with van der Waals surface area (Å²) in [4.78, 5) is 3.97. The third-order valence-corrected chi connectivity index (χ3v) is 2.88. The Morgan fingerprint density at radius 2 is 2.22 bits per heavy atom. The summed E-state index contributed by atoms with van der Waals surface area (Å²) in [7, 11) is -3.20. The minimum atomic E-state index is -3.20. The molecule has 0 unspecified atom stereocenters. The predicted molar refractivity (Wildman–Crippen MR) is 63.0 cm³/mol. The summed E-state index contributed by atoms with van der Waals surface area (Å²) >= 11 is 0. The van der Waals surface area contributed by atoms with Gasteiger partial charge >= 0.3 is 0 Å². The van der Waals surface area contributed by atoms with Crippen molar-refractivity contribution < 1.29 is 12.9 Å². The maximum atomic E-state index is 11.1. The molecule has 1 aromatic heterocycles. The molecule has 1 aromatic carbocycles. The first-order valence-electron chi connectivity index (χ1n) is 4.99. The highest BCUT2D eigenvalue weighted by Crippen LogP contribution is 2.18. The third-order valence-electron chi connectivity index (χ3n) is 2.10. The van der Waals surface area contributed by atoms with Crippen molar-refractivity contribution in [2.45, 2.75) is 5.75 Å². The molecule has 0 N–H and O–H groups in total. The van der Waals surface area contributed by atoms with Crippen molar-refractivity contribution in [1.82, 2.24) is 10.1 Å². The van der Waals surface area contributed by atoms with Crippen molar-refractivity contribution in [3.63, 3.8) is 0 Å². The summed E-state index contributed by atoms with van der Waals surface area (Å²) in [5, 5.41) is 12.4. The summed E-state index contributed by atoms with van der Waals surface area (Å²) in [5.74, 6) is 0.0367. The molecule has 0 bridgehead atoms. The number of nitriles is 1. The lowest BCUT2D eigenvalue weighted by molar-refractivity contribution is 0.424. The Morgan fingerprint density at radius 3 is 2.89 bits per heavy atom. The largest absolute Gasteiger partial charge is 0.334 e. The number of hydrogen-bond donors (Lipinski definition) is 0. The molecule has 0 fully saturated rings. The van der Waals surface area contributed by atoms with Gasteiger partial charge in [0.15, 0.2) is 15.7 Å². The van der Waals surface area contributed by atoms with Gasteiger partial charge in [-0.15, -0.1) is 0 Å². The van der Waals surface area contributed by atoms with Crippen LogP contribution >= 0.6 is 0 Å². The van der Waals surface area contributed by atoms with Gasteiger partial charge in [0.2, 0.25) is 0 Å². The number of rotatable bonds is 3. The maximum Gasteiger partial charge on any atom is 0.257 e. The fourth-order valence-electron chi connectivity index (χ4n) is 1.39. The molecule has 92 valence electrons. The highest BCUT2D eigenvalue weighted by Gasteiger charge is 2.13. The van der Waals surface area contributed by atoms with Gasteiger partial charge in [0.25, 0.3) is 5.89 Å². The molecular weight excluding hydrogens is 254 g/mol. The van der Waals surface area contributed by atoms with E-state index in [0.29, 0.717) is 11.1 Å². The molecular formula is C11H9N3O3S. The van der Waals surface area contributed by atoms with E-state index in [1.165, 1.54) is 0 Å². The Bertz CT molecular complexity index is 713. The lowest BCUT2D eigenvalue weighted by atomic mass is 10.1. The Kier molecular flexibility index (Phi) is 3.12. The van der Waals surface area contributed by atoms with Crippen molar-refractivity contribution in [2.75, 3.05) is 6.26 Å². The van der Waals surface area contributed by atoms with Crippen LogP contribution in [0.3, 0.4) is 0 Å². The standard InChI is InChI=1S/C11H9N3O3S/c1-18(15,16)7-10-13-11(17-14-10)9-4-2-3-8(5-9)6-12/h2-5H,7H2,1H3. The van der Waals surface area contributed by atoms with Crippen LogP contribution in [-0.2, 0) is 15.6 Å². The number of benzene rings is 1. The lowest BCUT2D eigenvalue weighted by Crippen LogP contribution is -2.02. The molecule has 1 heterocycles. The summed E-state index contributed by atoms with van der Waals surface area (Å²) < 4.78 is 27.1. The Hall–Kier alpha value is -2.20. The van der Waals surface area contributed by atoms with Crippen molar-refractivity contribution in [2.24, 2.45) is 0 Å². The van der Waals surface area contributed by atoms with E-state index in [1.54, 1.807) is 24.3 Å². The quantitative estimate of drug-likeness (QED) is 0.824. The number of sulfone groups is 1. The SMILES string of the molecule is CS(=O)(=O)Cc1noc(-c2cccc(C#N)c2)n1. The highest BCUT2D eigenvalue weighted by molar-refractivity contribution is 7.89. The van der Waals surface area contributed by atoms with Crippen LogP contribution in [-0.4, -0.2) is 24.8 Å². The second-order valence-electron chi connectivity index (χ2n) is 3.78. The van der Waals surface area contributed by atoms with Crippen molar-refractivity contribution in [3.8, 4) is 17.5 Å². The minimum absolute atomic E-state index is 0.106. The molecule has 2 aromatic rings. The van der Waals surface area contributed by atoms with Gasteiger partial charge in [-0.1, -0.05) is 11.2 Å². The summed E-state index contributed by atoms with van der Waals surface area (Å²) in [6, 6.07) is 8.64. The van der Waals surface area contributed by atoms with Crippen LogP contribution in [0.2, 0.25) is 0 Å². The van der Waals surface area contributed by atoms with Crippen molar-refractivity contribution >= 4 is 9.84 Å². The number of hydrogen-bond acceptors (Lipinski definition) is 6. The molecule has 2 rings (SSSR count). The van der Waals surface area contributed by atoms with Crippen LogP contribution in [0.15, 0.2) is 28.8 Å². The minimum Gasteiger partial charge on any atom is -0.334 e. The summed E-state index contributed by atoms with van der Waals surface area (Å²) in [6.45, 7) is 0. The van der Waals surface area contributed by atoms with Crippen molar-refractivity contribution in [3.05, 3.63) is 35.7 Å². The molecule has 18 heavy (non-hydrogen) atoms. The molecule has 7 heteroatoms. The van der Waals surface area contributed by atoms with Crippen LogP contribution in [0.25, 0.3) is 11.5 Å². The van der Waals surface area contributed by atoms with Crippen LogP contribution in [0, 0.1) is 11.3 Å². The average Bonchev–Trinajstić information content (AvgIpc) is 2.75. The molecule has 0 radical (unpaired) electrons. The van der Waals surface area contributed by atoms with Gasteiger partial charge in [-0.2, -0.15) is 10.2 Å². The third kappa shape index (κ3) is 2.93. The average molecular weight is 263 g/mol. The van der Waals surface area contributed by atoms with Gasteiger partial charge < -0.3 is 4.52 Å². The molecule has 0 aliphatic carbocycles. The zero-order chi connectivity index (χ0) is 13.2. The van der Waals surface area contributed by atoms with Gasteiger partial charge in [-0.25, -0.2) is 8.42 Å². The number of nitrogens with zero attached hydrogens (tertiary/aromatic N) is 3. The van der Waals surface area contributed by atoms with Gasteiger partial charge in [0, 0.05) is 11.8 Å². The van der Waals surface area contributed by atoms with Crippen molar-refractivity contribution in [1.29, 1.82) is 5.26 Å². The first kappa shape index (κ1) is 12.3. The molecule has 0 aliphatic heterocycles. The second-order valence-corrected chi connectivity index (χ2v) is 5.92.